The third-order valence-corrected chi connectivity index (χ3v) is 5.92. The Kier molecular flexibility index (Phi) is 5.87. The van der Waals surface area contributed by atoms with Crippen molar-refractivity contribution in [3.63, 3.8) is 0 Å². The Morgan fingerprint density at radius 3 is 2.47 bits per heavy atom. The number of hydrogen-bond donors (Lipinski definition) is 2. The fourth-order valence-electron chi connectivity index (χ4n) is 4.36. The van der Waals surface area contributed by atoms with Crippen LogP contribution in [0.3, 0.4) is 0 Å². The van der Waals surface area contributed by atoms with E-state index in [0.29, 0.717) is 34.8 Å². The number of benzene rings is 2. The van der Waals surface area contributed by atoms with Crippen molar-refractivity contribution in [1.82, 2.24) is 15.3 Å². The van der Waals surface area contributed by atoms with Crippen molar-refractivity contribution in [2.75, 3.05) is 7.11 Å². The molecular weight excluding hydrogens is 469 g/mol. The maximum Gasteiger partial charge on any atom is 0.433 e. The molecule has 2 aromatic carbocycles. The van der Waals surface area contributed by atoms with Crippen LogP contribution in [0.2, 0.25) is 0 Å². The van der Waals surface area contributed by atoms with E-state index in [2.05, 4.69) is 20.4 Å². The van der Waals surface area contributed by atoms with Crippen LogP contribution in [0.25, 0.3) is 11.3 Å². The summed E-state index contributed by atoms with van der Waals surface area (Å²) in [4.78, 5) is 8.28. The molecule has 2 aliphatic rings. The molecule has 0 amide bonds. The summed E-state index contributed by atoms with van der Waals surface area (Å²) in [6, 6.07) is 19.4. The first-order valence-corrected chi connectivity index (χ1v) is 11.2. The number of alkyl halides is 3. The number of aromatic nitrogens is 1. The number of methoxy groups -OCH3 is 1. The lowest BCUT2D eigenvalue weighted by Gasteiger charge is -2.31. The van der Waals surface area contributed by atoms with Gasteiger partial charge in [-0.3, -0.25) is 0 Å². The van der Waals surface area contributed by atoms with Crippen LogP contribution in [-0.2, 0) is 12.6 Å². The Bertz CT molecular complexity index is 1400. The third kappa shape index (κ3) is 4.37. The van der Waals surface area contributed by atoms with Gasteiger partial charge in [0.05, 0.1) is 12.8 Å². The summed E-state index contributed by atoms with van der Waals surface area (Å²) in [5.41, 5.74) is 8.51. The zero-order valence-electron chi connectivity index (χ0n) is 19.5. The number of nitrogens with two attached hydrogens (primary N) is 1. The van der Waals surface area contributed by atoms with E-state index >= 15 is 0 Å². The second-order valence-corrected chi connectivity index (χ2v) is 8.41. The molecule has 2 aliphatic heterocycles. The minimum Gasteiger partial charge on any atom is -0.496 e. The molecule has 0 radical (unpaired) electrons. The number of rotatable bonds is 5. The summed E-state index contributed by atoms with van der Waals surface area (Å²) in [5.74, 6) is 1.41. The zero-order valence-corrected chi connectivity index (χ0v) is 19.5. The second-order valence-electron chi connectivity index (χ2n) is 8.41. The number of aryl methyl sites for hydroxylation is 1. The van der Waals surface area contributed by atoms with Crippen molar-refractivity contribution in [1.29, 1.82) is 0 Å². The molecule has 3 aromatic rings. The maximum absolute atomic E-state index is 13.7. The van der Waals surface area contributed by atoms with Crippen LogP contribution < -0.4 is 15.8 Å². The Morgan fingerprint density at radius 1 is 1.03 bits per heavy atom. The maximum atomic E-state index is 13.7. The number of fused-ring (bicyclic) bond motifs is 1. The summed E-state index contributed by atoms with van der Waals surface area (Å²) in [6.45, 7) is 1.53. The summed E-state index contributed by atoms with van der Waals surface area (Å²) in [6.07, 6.45) is -4.86. The topological polar surface area (TPSA) is 88.1 Å². The van der Waals surface area contributed by atoms with Crippen molar-refractivity contribution in [2.24, 2.45) is 15.8 Å². The number of ether oxygens (including phenoxy) is 1. The number of aliphatic imine (C=N–C) groups is 1. The van der Waals surface area contributed by atoms with Crippen molar-refractivity contribution in [3.05, 3.63) is 94.8 Å². The van der Waals surface area contributed by atoms with Gasteiger partial charge in [0.1, 0.15) is 17.3 Å². The van der Waals surface area contributed by atoms with Gasteiger partial charge in [-0.05, 0) is 30.7 Å². The van der Waals surface area contributed by atoms with E-state index < -0.39 is 18.0 Å². The fraction of sp³-hybridized carbons (Fsp3) is 0.192. The van der Waals surface area contributed by atoms with E-state index in [4.69, 9.17) is 10.5 Å². The molecule has 1 atom stereocenters. The Morgan fingerprint density at radius 2 is 1.75 bits per heavy atom. The van der Waals surface area contributed by atoms with E-state index in [1.807, 2.05) is 54.6 Å². The van der Waals surface area contributed by atoms with Gasteiger partial charge < -0.3 is 15.8 Å². The molecule has 7 nitrogen and oxygen atoms in total. The van der Waals surface area contributed by atoms with E-state index in [0.717, 1.165) is 17.2 Å². The van der Waals surface area contributed by atoms with Gasteiger partial charge in [0.2, 0.25) is 5.96 Å². The van der Waals surface area contributed by atoms with Gasteiger partial charge in [0.15, 0.2) is 6.17 Å². The number of hydrogen-bond acceptors (Lipinski definition) is 7. The molecule has 36 heavy (non-hydrogen) atoms. The summed E-state index contributed by atoms with van der Waals surface area (Å²) >= 11 is 0. The third-order valence-electron chi connectivity index (χ3n) is 5.92. The lowest BCUT2D eigenvalue weighted by Crippen LogP contribution is -2.47. The molecule has 0 fully saturated rings. The smallest absolute Gasteiger partial charge is 0.433 e. The quantitative estimate of drug-likeness (QED) is 0.551. The number of nitrogens with zero attached hydrogens (tertiary/aromatic N) is 4. The molecule has 10 heteroatoms. The molecule has 0 saturated heterocycles. The van der Waals surface area contributed by atoms with Crippen LogP contribution in [0.15, 0.2) is 76.8 Å². The van der Waals surface area contributed by atoms with Crippen LogP contribution in [0.1, 0.15) is 28.1 Å². The molecule has 1 aromatic heterocycles. The standard InChI is InChI=1S/C26H23F3N6O/c1-15-12-18(13-20(31-15)26(27,28)29)22-23(16-8-4-3-5-9-16)33-25(30)35-24(22)32-21(34-35)14-17-10-6-7-11-19(17)36-2/h3-13,24H,14H2,1-2H3,(H2,30,33)(H,32,34). The lowest BCUT2D eigenvalue weighted by atomic mass is 9.95. The highest BCUT2D eigenvalue weighted by Gasteiger charge is 2.39. The van der Waals surface area contributed by atoms with Crippen molar-refractivity contribution < 1.29 is 17.9 Å². The summed E-state index contributed by atoms with van der Waals surface area (Å²) in [5, 5.41) is 9.46. The van der Waals surface area contributed by atoms with Gasteiger partial charge in [0.25, 0.3) is 0 Å². The average molecular weight is 493 g/mol. The lowest BCUT2D eigenvalue weighted by molar-refractivity contribution is -0.141. The number of hydrazone groups is 1. The summed E-state index contributed by atoms with van der Waals surface area (Å²) < 4.78 is 46.4. The molecule has 1 unspecified atom stereocenters. The molecule has 0 spiro atoms. The molecule has 3 heterocycles. The molecule has 0 aliphatic carbocycles. The molecule has 5 rings (SSSR count). The predicted molar refractivity (Wildman–Crippen MR) is 132 cm³/mol. The monoisotopic (exact) mass is 492 g/mol. The van der Waals surface area contributed by atoms with Gasteiger partial charge in [-0.25, -0.2) is 15.0 Å². The first-order chi connectivity index (χ1) is 17.2. The first kappa shape index (κ1) is 23.4. The number of halogens is 3. The van der Waals surface area contributed by atoms with Gasteiger partial charge in [0, 0.05) is 28.8 Å². The number of para-hydroxylation sites is 1. The van der Waals surface area contributed by atoms with E-state index in [1.165, 1.54) is 11.9 Å². The van der Waals surface area contributed by atoms with E-state index in [1.54, 1.807) is 13.2 Å². The number of amidine groups is 1. The van der Waals surface area contributed by atoms with E-state index in [-0.39, 0.29) is 11.7 Å². The average Bonchev–Trinajstić information content (AvgIpc) is 3.28. The zero-order chi connectivity index (χ0) is 25.4. The Balaban J connectivity index is 1.62. The predicted octanol–water partition coefficient (Wildman–Crippen LogP) is 4.40. The van der Waals surface area contributed by atoms with Crippen molar-refractivity contribution >= 4 is 23.1 Å². The van der Waals surface area contributed by atoms with E-state index in [9.17, 15) is 13.2 Å². The minimum absolute atomic E-state index is 0.131. The molecule has 0 bridgehead atoms. The van der Waals surface area contributed by atoms with Crippen molar-refractivity contribution in [2.45, 2.75) is 25.7 Å². The van der Waals surface area contributed by atoms with Crippen LogP contribution in [0, 0.1) is 6.92 Å². The van der Waals surface area contributed by atoms with Crippen molar-refractivity contribution in [3.8, 4) is 5.75 Å². The summed E-state index contributed by atoms with van der Waals surface area (Å²) in [7, 11) is 1.59. The van der Waals surface area contributed by atoms with Gasteiger partial charge in [-0.15, -0.1) is 0 Å². The normalized spacial score (nSPS) is 17.4. The van der Waals surface area contributed by atoms with Crippen LogP contribution in [0.4, 0.5) is 13.2 Å². The molecule has 3 N–H and O–H groups in total. The van der Waals surface area contributed by atoms with Gasteiger partial charge in [-0.1, -0.05) is 48.5 Å². The highest BCUT2D eigenvalue weighted by molar-refractivity contribution is 6.04. The van der Waals surface area contributed by atoms with Crippen LogP contribution in [-0.4, -0.2) is 35.1 Å². The van der Waals surface area contributed by atoms with Crippen LogP contribution in [0.5, 0.6) is 5.75 Å². The number of pyridine rings is 1. The van der Waals surface area contributed by atoms with Crippen LogP contribution >= 0.6 is 0 Å². The Hall–Kier alpha value is -4.34. The number of guanidine groups is 1. The molecule has 184 valence electrons. The highest BCUT2D eigenvalue weighted by Crippen LogP contribution is 2.38. The number of nitrogens with one attached hydrogen (secondary N) is 1. The minimum atomic E-state index is -4.60. The largest absolute Gasteiger partial charge is 0.496 e. The van der Waals surface area contributed by atoms with Gasteiger partial charge >= 0.3 is 6.18 Å². The first-order valence-electron chi connectivity index (χ1n) is 11.2. The Labute approximate surface area is 205 Å². The molecular formula is C26H23F3N6O. The SMILES string of the molecule is COc1ccccc1CC1=NN2C(N)=NC(c3ccccc3)=C(c3cc(C)nc(C(F)(F)F)c3)C2N1. The fourth-order valence-corrected chi connectivity index (χ4v) is 4.36. The van der Waals surface area contributed by atoms with Gasteiger partial charge in [-0.2, -0.15) is 18.3 Å². The second kappa shape index (κ2) is 9.03. The highest BCUT2D eigenvalue weighted by atomic mass is 19.4. The molecule has 0 saturated carbocycles.